The average Bonchev–Trinajstić information content (AvgIpc) is 3.27. The second-order valence-corrected chi connectivity index (χ2v) is 6.41. The molecule has 3 rings (SSSR count). The lowest BCUT2D eigenvalue weighted by Crippen LogP contribution is -2.37. The highest BCUT2D eigenvalue weighted by molar-refractivity contribution is 5.92. The summed E-state index contributed by atoms with van der Waals surface area (Å²) >= 11 is 0. The number of nitrogens with zero attached hydrogens (tertiary/aromatic N) is 4. The van der Waals surface area contributed by atoms with E-state index in [4.69, 9.17) is 4.74 Å². The molecule has 1 aromatic heterocycles. The van der Waals surface area contributed by atoms with Crippen molar-refractivity contribution in [2.24, 2.45) is 0 Å². The van der Waals surface area contributed by atoms with Crippen molar-refractivity contribution in [1.82, 2.24) is 25.5 Å². The Morgan fingerprint density at radius 3 is 2.43 bits per heavy atom. The zero-order valence-corrected chi connectivity index (χ0v) is 15.6. The fourth-order valence-electron chi connectivity index (χ4n) is 2.61. The first kappa shape index (κ1) is 19.2. The third-order valence-electron chi connectivity index (χ3n) is 4.32. The van der Waals surface area contributed by atoms with Crippen molar-refractivity contribution in [3.05, 3.63) is 72.1 Å². The predicted octanol–water partition coefficient (Wildman–Crippen LogP) is 2.13. The normalized spacial score (nSPS) is 12.8. The molecule has 0 radical (unpaired) electrons. The van der Waals surface area contributed by atoms with Crippen LogP contribution in [0.2, 0.25) is 0 Å². The van der Waals surface area contributed by atoms with E-state index < -0.39 is 12.1 Å². The molecule has 0 aliphatic heterocycles. The van der Waals surface area contributed by atoms with Crippen LogP contribution in [-0.4, -0.2) is 44.7 Å². The summed E-state index contributed by atoms with van der Waals surface area (Å²) in [7, 11) is 0. The van der Waals surface area contributed by atoms with E-state index in [1.165, 1.54) is 11.0 Å². The number of hydrogen-bond acceptors (Lipinski definition) is 6. The van der Waals surface area contributed by atoms with Crippen LogP contribution in [0.3, 0.4) is 0 Å². The van der Waals surface area contributed by atoms with Crippen molar-refractivity contribution in [1.29, 1.82) is 0 Å². The van der Waals surface area contributed by atoms with Gasteiger partial charge in [0.05, 0.1) is 11.3 Å². The number of esters is 1. The molecule has 2 atom stereocenters. The molecule has 0 fully saturated rings. The molecule has 3 aromatic rings. The van der Waals surface area contributed by atoms with E-state index in [9.17, 15) is 9.59 Å². The van der Waals surface area contributed by atoms with Crippen LogP contribution in [-0.2, 0) is 9.53 Å². The third kappa shape index (κ3) is 4.79. The molecule has 0 aliphatic rings. The molecular weight excluding hydrogens is 358 g/mol. The molecule has 2 aromatic carbocycles. The lowest BCUT2D eigenvalue weighted by atomic mass is 10.0. The Morgan fingerprint density at radius 1 is 1.07 bits per heavy atom. The van der Waals surface area contributed by atoms with E-state index in [1.54, 1.807) is 31.2 Å². The molecule has 0 bridgehead atoms. The Bertz CT molecular complexity index is 911. The van der Waals surface area contributed by atoms with Crippen LogP contribution >= 0.6 is 0 Å². The third-order valence-corrected chi connectivity index (χ3v) is 4.32. The number of nitrogens with one attached hydrogen (secondary N) is 1. The number of carbonyl (C=O) groups is 2. The summed E-state index contributed by atoms with van der Waals surface area (Å²) < 4.78 is 6.74. The quantitative estimate of drug-likeness (QED) is 0.632. The molecule has 28 heavy (non-hydrogen) atoms. The van der Waals surface area contributed by atoms with Gasteiger partial charge in [0.25, 0.3) is 5.91 Å². The lowest BCUT2D eigenvalue weighted by molar-refractivity contribution is -0.129. The van der Waals surface area contributed by atoms with Crippen LogP contribution in [0.4, 0.5) is 0 Å². The second-order valence-electron chi connectivity index (χ2n) is 6.41. The van der Waals surface area contributed by atoms with Crippen LogP contribution in [0.1, 0.15) is 35.7 Å². The van der Waals surface area contributed by atoms with Gasteiger partial charge >= 0.3 is 5.97 Å². The zero-order chi connectivity index (χ0) is 19.9. The summed E-state index contributed by atoms with van der Waals surface area (Å²) in [4.78, 5) is 24.5. The second kappa shape index (κ2) is 8.90. The molecule has 0 spiro atoms. The molecule has 0 unspecified atom stereocenters. The van der Waals surface area contributed by atoms with Gasteiger partial charge in [-0.1, -0.05) is 37.3 Å². The Hall–Kier alpha value is -3.55. The summed E-state index contributed by atoms with van der Waals surface area (Å²) in [6.45, 7) is 4.04. The highest BCUT2D eigenvalue weighted by atomic mass is 16.5. The lowest BCUT2D eigenvalue weighted by Gasteiger charge is -2.16. The van der Waals surface area contributed by atoms with Gasteiger partial charge in [-0.05, 0) is 53.1 Å². The van der Waals surface area contributed by atoms with Gasteiger partial charge in [0.2, 0.25) is 0 Å². The maximum Gasteiger partial charge on any atom is 0.338 e. The molecule has 0 saturated heterocycles. The fourth-order valence-corrected chi connectivity index (χ4v) is 2.61. The summed E-state index contributed by atoms with van der Waals surface area (Å²) in [6.07, 6.45) is 0.561. The van der Waals surface area contributed by atoms with Crippen molar-refractivity contribution in [2.75, 3.05) is 6.54 Å². The number of rotatable bonds is 7. The van der Waals surface area contributed by atoms with Crippen molar-refractivity contribution < 1.29 is 14.3 Å². The minimum Gasteiger partial charge on any atom is -0.449 e. The van der Waals surface area contributed by atoms with Gasteiger partial charge in [-0.15, -0.1) is 5.10 Å². The van der Waals surface area contributed by atoms with Gasteiger partial charge in [-0.25, -0.2) is 9.48 Å². The van der Waals surface area contributed by atoms with Crippen molar-refractivity contribution in [2.45, 2.75) is 25.9 Å². The van der Waals surface area contributed by atoms with Gasteiger partial charge < -0.3 is 10.1 Å². The molecule has 0 saturated carbocycles. The Morgan fingerprint density at radius 2 is 1.79 bits per heavy atom. The van der Waals surface area contributed by atoms with Crippen LogP contribution in [0.15, 0.2) is 60.9 Å². The van der Waals surface area contributed by atoms with E-state index in [1.807, 2.05) is 37.3 Å². The van der Waals surface area contributed by atoms with Crippen LogP contribution in [0.5, 0.6) is 0 Å². The van der Waals surface area contributed by atoms with E-state index in [0.717, 1.165) is 5.56 Å². The van der Waals surface area contributed by atoms with Crippen molar-refractivity contribution in [3.63, 3.8) is 0 Å². The highest BCUT2D eigenvalue weighted by Gasteiger charge is 2.19. The fraction of sp³-hybridized carbons (Fsp3) is 0.250. The Kier molecular flexibility index (Phi) is 6.11. The summed E-state index contributed by atoms with van der Waals surface area (Å²) in [6, 6.07) is 16.5. The molecule has 0 aliphatic carbocycles. The Balaban J connectivity index is 1.51. The predicted molar refractivity (Wildman–Crippen MR) is 102 cm³/mol. The number of benzene rings is 2. The number of hydrogen-bond donors (Lipinski definition) is 1. The van der Waals surface area contributed by atoms with Gasteiger partial charge in [0.15, 0.2) is 6.10 Å². The molecular formula is C20H21N5O3. The number of ether oxygens (including phenoxy) is 1. The summed E-state index contributed by atoms with van der Waals surface area (Å²) in [5.74, 6) is -0.740. The van der Waals surface area contributed by atoms with Gasteiger partial charge in [0, 0.05) is 6.54 Å². The largest absolute Gasteiger partial charge is 0.449 e. The van der Waals surface area contributed by atoms with E-state index >= 15 is 0 Å². The van der Waals surface area contributed by atoms with Gasteiger partial charge in [-0.2, -0.15) is 0 Å². The number of aromatic nitrogens is 4. The number of tetrazole rings is 1. The molecule has 1 N–H and O–H groups in total. The monoisotopic (exact) mass is 379 g/mol. The van der Waals surface area contributed by atoms with E-state index in [2.05, 4.69) is 20.8 Å². The highest BCUT2D eigenvalue weighted by Crippen LogP contribution is 2.13. The maximum atomic E-state index is 12.3. The minimum absolute atomic E-state index is 0.159. The Labute approximate surface area is 162 Å². The SMILES string of the molecule is C[C@H](OC(=O)c1ccc(-n2cnnn2)cc1)C(=O)NC[C@H](C)c1ccccc1. The smallest absolute Gasteiger partial charge is 0.338 e. The molecule has 8 heteroatoms. The van der Waals surface area contributed by atoms with Crippen molar-refractivity contribution >= 4 is 11.9 Å². The molecule has 1 amide bonds. The molecule has 8 nitrogen and oxygen atoms in total. The minimum atomic E-state index is -0.894. The molecule has 144 valence electrons. The average molecular weight is 379 g/mol. The summed E-state index contributed by atoms with van der Waals surface area (Å²) in [5.41, 5.74) is 2.19. The number of carbonyl (C=O) groups excluding carboxylic acids is 2. The van der Waals surface area contributed by atoms with Crippen molar-refractivity contribution in [3.8, 4) is 5.69 Å². The first-order chi connectivity index (χ1) is 13.5. The van der Waals surface area contributed by atoms with Gasteiger partial charge in [0.1, 0.15) is 6.33 Å². The van der Waals surface area contributed by atoms with Gasteiger partial charge in [-0.3, -0.25) is 4.79 Å². The topological polar surface area (TPSA) is 99.0 Å². The van der Waals surface area contributed by atoms with E-state index in [0.29, 0.717) is 17.8 Å². The molecule has 1 heterocycles. The first-order valence-corrected chi connectivity index (χ1v) is 8.91. The number of amides is 1. The van der Waals surface area contributed by atoms with E-state index in [-0.39, 0.29) is 11.8 Å². The van der Waals surface area contributed by atoms with Crippen LogP contribution in [0, 0.1) is 0 Å². The summed E-state index contributed by atoms with van der Waals surface area (Å²) in [5, 5.41) is 13.7. The van der Waals surface area contributed by atoms with Crippen LogP contribution in [0.25, 0.3) is 5.69 Å². The zero-order valence-electron chi connectivity index (χ0n) is 15.6. The van der Waals surface area contributed by atoms with Crippen LogP contribution < -0.4 is 5.32 Å². The first-order valence-electron chi connectivity index (χ1n) is 8.91. The standard InChI is InChI=1S/C20H21N5O3/c1-14(16-6-4-3-5-7-16)12-21-19(26)15(2)28-20(27)17-8-10-18(11-9-17)25-13-22-23-24-25/h3-11,13-15H,12H2,1-2H3,(H,21,26)/t14-,15-/m0/s1. The maximum absolute atomic E-state index is 12.3.